The lowest BCUT2D eigenvalue weighted by molar-refractivity contribution is -0.121. The van der Waals surface area contributed by atoms with Crippen LogP contribution in [-0.2, 0) is 11.8 Å². The van der Waals surface area contributed by atoms with E-state index in [0.717, 1.165) is 30.9 Å². The van der Waals surface area contributed by atoms with Crippen molar-refractivity contribution in [2.75, 3.05) is 25.0 Å². The summed E-state index contributed by atoms with van der Waals surface area (Å²) in [5.74, 6) is 1.60. The highest BCUT2D eigenvalue weighted by Crippen LogP contribution is 2.36. The van der Waals surface area contributed by atoms with Crippen LogP contribution in [0.1, 0.15) is 37.0 Å². The number of carbonyl (C=O) groups is 1. The molecule has 3 heterocycles. The highest BCUT2D eigenvalue weighted by Gasteiger charge is 2.31. The molecule has 6 nitrogen and oxygen atoms in total. The molecule has 2 saturated heterocycles. The number of hydrogen-bond donors (Lipinski definition) is 0. The van der Waals surface area contributed by atoms with Gasteiger partial charge >= 0.3 is 0 Å². The molecule has 0 aromatic carbocycles. The zero-order valence-corrected chi connectivity index (χ0v) is 18.4. The van der Waals surface area contributed by atoms with Crippen molar-refractivity contribution in [2.24, 2.45) is 18.9 Å². The van der Waals surface area contributed by atoms with E-state index >= 15 is 0 Å². The molecule has 28 heavy (non-hydrogen) atoms. The normalized spacial score (nSPS) is 24.2. The van der Waals surface area contributed by atoms with E-state index in [2.05, 4.69) is 18.7 Å². The molecule has 148 valence electrons. The van der Waals surface area contributed by atoms with Crippen LogP contribution in [0.5, 0.6) is 0 Å². The van der Waals surface area contributed by atoms with E-state index in [9.17, 15) is 14.9 Å². The maximum Gasteiger partial charge on any atom is 0.270 e. The van der Waals surface area contributed by atoms with Crippen LogP contribution in [0.3, 0.4) is 0 Å². The maximum atomic E-state index is 12.8. The minimum atomic E-state index is -0.305. The number of pyridine rings is 1. The minimum absolute atomic E-state index is 0.114. The molecule has 3 rings (SSSR count). The van der Waals surface area contributed by atoms with Crippen LogP contribution in [-0.4, -0.2) is 39.8 Å². The summed E-state index contributed by atoms with van der Waals surface area (Å²) in [6.07, 6.45) is 2.93. The zero-order valence-electron chi connectivity index (χ0n) is 16.8. The minimum Gasteiger partial charge on any atom is -0.357 e. The van der Waals surface area contributed by atoms with Gasteiger partial charge < -0.3 is 4.90 Å². The Kier molecular flexibility index (Phi) is 5.69. The molecule has 2 unspecified atom stereocenters. The number of hydrogen-bond acceptors (Lipinski definition) is 6. The van der Waals surface area contributed by atoms with E-state index in [1.54, 1.807) is 31.7 Å². The van der Waals surface area contributed by atoms with Gasteiger partial charge in [-0.1, -0.05) is 37.8 Å². The van der Waals surface area contributed by atoms with Crippen LogP contribution in [0.4, 0.5) is 5.82 Å². The van der Waals surface area contributed by atoms with E-state index in [4.69, 9.17) is 12.2 Å². The molecule has 2 atom stereocenters. The van der Waals surface area contributed by atoms with E-state index in [0.29, 0.717) is 26.6 Å². The fourth-order valence-corrected chi connectivity index (χ4v) is 5.27. The Labute approximate surface area is 174 Å². The number of piperidine rings is 1. The van der Waals surface area contributed by atoms with E-state index in [1.807, 2.05) is 6.07 Å². The molecule has 2 aliphatic heterocycles. The smallest absolute Gasteiger partial charge is 0.270 e. The number of thiocarbonyl (C=S) groups is 1. The third-order valence-corrected chi connectivity index (χ3v) is 6.88. The van der Waals surface area contributed by atoms with Gasteiger partial charge in [0, 0.05) is 32.7 Å². The summed E-state index contributed by atoms with van der Waals surface area (Å²) in [7, 11) is 3.35. The van der Waals surface area contributed by atoms with Gasteiger partial charge in [-0.2, -0.15) is 5.26 Å². The van der Waals surface area contributed by atoms with Crippen LogP contribution < -0.4 is 10.5 Å². The lowest BCUT2D eigenvalue weighted by Crippen LogP contribution is -2.42. The van der Waals surface area contributed by atoms with Gasteiger partial charge in [-0.05, 0) is 36.8 Å². The molecule has 0 N–H and O–H groups in total. The van der Waals surface area contributed by atoms with Crippen molar-refractivity contribution in [3.8, 4) is 6.07 Å². The first kappa shape index (κ1) is 20.6. The quantitative estimate of drug-likeness (QED) is 0.545. The van der Waals surface area contributed by atoms with E-state index in [1.165, 1.54) is 16.7 Å². The highest BCUT2D eigenvalue weighted by atomic mass is 32.2. The van der Waals surface area contributed by atoms with Gasteiger partial charge in [-0.15, -0.1) is 0 Å². The average molecular weight is 417 g/mol. The Morgan fingerprint density at radius 2 is 1.82 bits per heavy atom. The molecule has 1 aromatic rings. The Balaban J connectivity index is 2.24. The van der Waals surface area contributed by atoms with Crippen molar-refractivity contribution in [3.63, 3.8) is 0 Å². The second kappa shape index (κ2) is 7.72. The van der Waals surface area contributed by atoms with E-state index < -0.39 is 0 Å². The molecule has 2 fully saturated rings. The first-order valence-corrected chi connectivity index (χ1v) is 10.5. The number of thioether (sulfide) groups is 1. The number of likely N-dealkylation sites (N-methyl/N-ethyl adjacent to an activating group) is 1. The largest absolute Gasteiger partial charge is 0.357 e. The Morgan fingerprint density at radius 1 is 1.21 bits per heavy atom. The second-order valence-corrected chi connectivity index (χ2v) is 9.48. The number of amides is 1. The van der Waals surface area contributed by atoms with Gasteiger partial charge in [0.2, 0.25) is 0 Å². The summed E-state index contributed by atoms with van der Waals surface area (Å²) >= 11 is 6.48. The van der Waals surface area contributed by atoms with Gasteiger partial charge in [-0.25, -0.2) is 0 Å². The molecule has 0 spiro atoms. The Hall–Kier alpha value is -2.11. The van der Waals surface area contributed by atoms with Crippen LogP contribution in [0.2, 0.25) is 0 Å². The van der Waals surface area contributed by atoms with Crippen molar-refractivity contribution in [3.05, 3.63) is 31.9 Å². The lowest BCUT2D eigenvalue weighted by atomic mass is 9.91. The van der Waals surface area contributed by atoms with Gasteiger partial charge in [0.15, 0.2) is 0 Å². The molecule has 8 heteroatoms. The summed E-state index contributed by atoms with van der Waals surface area (Å²) < 4.78 is 2.05. The average Bonchev–Trinajstić information content (AvgIpc) is 2.86. The SMILES string of the molecule is Cc1c(/C=C2\SC(=S)N(C)C2=O)c(N2CC(C)CC(C)C2)n(C)c(=O)c1C#N. The molecule has 0 bridgehead atoms. The van der Waals surface area contributed by atoms with Gasteiger partial charge in [-0.3, -0.25) is 19.1 Å². The monoisotopic (exact) mass is 416 g/mol. The molecular weight excluding hydrogens is 392 g/mol. The van der Waals surface area contributed by atoms with Gasteiger partial charge in [0.1, 0.15) is 21.8 Å². The standard InChI is InChI=1S/C20H24N4O2S2/c1-11-6-12(2)10-24(9-11)17-14(7-16-19(26)23(5)20(27)28-16)13(3)15(8-21)18(25)22(17)4/h7,11-12H,6,9-10H2,1-5H3/b16-7-. The fraction of sp³-hybridized carbons (Fsp3) is 0.500. The van der Waals surface area contributed by atoms with Gasteiger partial charge in [0.25, 0.3) is 11.5 Å². The van der Waals surface area contributed by atoms with Crippen LogP contribution in [0.15, 0.2) is 9.70 Å². The highest BCUT2D eigenvalue weighted by molar-refractivity contribution is 8.26. The summed E-state index contributed by atoms with van der Waals surface area (Å²) in [5.41, 5.74) is 1.16. The van der Waals surface area contributed by atoms with Crippen molar-refractivity contribution < 1.29 is 4.79 Å². The number of anilines is 1. The lowest BCUT2D eigenvalue weighted by Gasteiger charge is -2.38. The van der Waals surface area contributed by atoms with E-state index in [-0.39, 0.29) is 17.0 Å². The first-order valence-electron chi connectivity index (χ1n) is 9.25. The molecule has 2 aliphatic rings. The molecule has 0 radical (unpaired) electrons. The third kappa shape index (κ3) is 3.49. The first-order chi connectivity index (χ1) is 13.1. The van der Waals surface area contributed by atoms with Crippen LogP contribution in [0, 0.1) is 30.1 Å². The topological polar surface area (TPSA) is 69.3 Å². The number of nitrogens with zero attached hydrogens (tertiary/aromatic N) is 4. The summed E-state index contributed by atoms with van der Waals surface area (Å²) in [6, 6.07) is 2.04. The summed E-state index contributed by atoms with van der Waals surface area (Å²) in [6.45, 7) is 7.86. The van der Waals surface area contributed by atoms with Crippen LogP contribution >= 0.6 is 24.0 Å². The molecular formula is C20H24N4O2S2. The van der Waals surface area contributed by atoms with Gasteiger partial charge in [0.05, 0.1) is 4.91 Å². The van der Waals surface area contributed by atoms with Crippen molar-refractivity contribution >= 4 is 46.1 Å². The molecule has 0 aliphatic carbocycles. The number of nitriles is 1. The second-order valence-electron chi connectivity index (χ2n) is 7.81. The maximum absolute atomic E-state index is 12.8. The fourth-order valence-electron chi connectivity index (χ4n) is 4.11. The van der Waals surface area contributed by atoms with Crippen LogP contribution in [0.25, 0.3) is 6.08 Å². The summed E-state index contributed by atoms with van der Waals surface area (Å²) in [4.78, 5) is 29.5. The van der Waals surface area contributed by atoms with Crippen molar-refractivity contribution in [2.45, 2.75) is 27.2 Å². The Morgan fingerprint density at radius 3 is 2.32 bits per heavy atom. The number of aromatic nitrogens is 1. The molecule has 1 amide bonds. The molecule has 1 aromatic heterocycles. The predicted molar refractivity (Wildman–Crippen MR) is 117 cm³/mol. The van der Waals surface area contributed by atoms with Crippen molar-refractivity contribution in [1.82, 2.24) is 9.47 Å². The Bertz CT molecular complexity index is 979. The summed E-state index contributed by atoms with van der Waals surface area (Å²) in [5, 5.41) is 9.53. The predicted octanol–water partition coefficient (Wildman–Crippen LogP) is 2.88. The number of rotatable bonds is 2. The molecule has 0 saturated carbocycles. The van der Waals surface area contributed by atoms with Crippen molar-refractivity contribution in [1.29, 1.82) is 5.26 Å². The third-order valence-electron chi connectivity index (χ3n) is 5.40. The number of carbonyl (C=O) groups excluding carboxylic acids is 1. The zero-order chi connectivity index (χ0) is 20.7.